The lowest BCUT2D eigenvalue weighted by molar-refractivity contribution is 0.0606. The van der Waals surface area contributed by atoms with E-state index in [1.54, 1.807) is 48.4 Å². The number of nitrogens with zero attached hydrogens (tertiary/aromatic N) is 2. The number of ether oxygens (including phenoxy) is 1. The summed E-state index contributed by atoms with van der Waals surface area (Å²) in [5, 5.41) is 2.92. The highest BCUT2D eigenvalue weighted by molar-refractivity contribution is 9.10. The fraction of sp³-hybridized carbons (Fsp3) is 0.368. The van der Waals surface area contributed by atoms with Gasteiger partial charge in [-0.1, -0.05) is 0 Å². The standard InChI is InChI=1S/C19H22BrN3O4/c1-26-15-4-2-14(3-5-15)18(24)21-8-9-22-10-12-23(13-11-22)19(25)16-6-7-17(20)27-16/h2-7H,8-13H2,1H3,(H,21,24). The van der Waals surface area contributed by atoms with Crippen molar-refractivity contribution in [3.05, 3.63) is 52.4 Å². The predicted octanol–water partition coefficient (Wildman–Crippen LogP) is 2.24. The summed E-state index contributed by atoms with van der Waals surface area (Å²) >= 11 is 3.21. The molecule has 1 N–H and O–H groups in total. The zero-order chi connectivity index (χ0) is 19.2. The molecule has 0 spiro atoms. The van der Waals surface area contributed by atoms with Crippen LogP contribution in [0.5, 0.6) is 5.75 Å². The number of furan rings is 1. The maximum Gasteiger partial charge on any atom is 0.289 e. The highest BCUT2D eigenvalue weighted by atomic mass is 79.9. The quantitative estimate of drug-likeness (QED) is 0.752. The lowest BCUT2D eigenvalue weighted by Crippen LogP contribution is -2.50. The normalized spacial score (nSPS) is 14.8. The summed E-state index contributed by atoms with van der Waals surface area (Å²) in [7, 11) is 1.59. The highest BCUT2D eigenvalue weighted by Crippen LogP contribution is 2.16. The first-order valence-electron chi connectivity index (χ1n) is 8.76. The number of nitrogens with one attached hydrogen (secondary N) is 1. The molecule has 27 heavy (non-hydrogen) atoms. The Bertz CT molecular complexity index is 783. The first-order chi connectivity index (χ1) is 13.1. The second kappa shape index (κ2) is 9.05. The molecule has 2 aromatic rings. The van der Waals surface area contributed by atoms with Crippen molar-refractivity contribution in [3.63, 3.8) is 0 Å². The number of halogens is 1. The van der Waals surface area contributed by atoms with Crippen LogP contribution in [0.2, 0.25) is 0 Å². The van der Waals surface area contributed by atoms with Crippen molar-refractivity contribution in [1.82, 2.24) is 15.1 Å². The van der Waals surface area contributed by atoms with Gasteiger partial charge in [0.05, 0.1) is 7.11 Å². The van der Waals surface area contributed by atoms with E-state index in [-0.39, 0.29) is 11.8 Å². The molecule has 3 rings (SSSR count). The van der Waals surface area contributed by atoms with Crippen LogP contribution in [-0.2, 0) is 0 Å². The van der Waals surface area contributed by atoms with Crippen molar-refractivity contribution in [2.45, 2.75) is 0 Å². The molecule has 144 valence electrons. The molecule has 0 unspecified atom stereocenters. The number of piperazine rings is 1. The smallest absolute Gasteiger partial charge is 0.289 e. The lowest BCUT2D eigenvalue weighted by Gasteiger charge is -2.34. The van der Waals surface area contributed by atoms with E-state index in [1.165, 1.54) is 0 Å². The maximum atomic E-state index is 12.4. The van der Waals surface area contributed by atoms with E-state index >= 15 is 0 Å². The minimum absolute atomic E-state index is 0.0897. The van der Waals surface area contributed by atoms with Crippen molar-refractivity contribution < 1.29 is 18.7 Å². The molecule has 2 amide bonds. The summed E-state index contributed by atoms with van der Waals surface area (Å²) in [6, 6.07) is 10.4. The number of benzene rings is 1. The van der Waals surface area contributed by atoms with Crippen LogP contribution in [0.25, 0.3) is 0 Å². The molecule has 0 aliphatic carbocycles. The van der Waals surface area contributed by atoms with Gasteiger partial charge in [0.15, 0.2) is 10.4 Å². The number of carbonyl (C=O) groups is 2. The Labute approximate surface area is 166 Å². The summed E-state index contributed by atoms with van der Waals surface area (Å²) < 4.78 is 11.0. The third kappa shape index (κ3) is 5.11. The molecule has 0 saturated carbocycles. The lowest BCUT2D eigenvalue weighted by atomic mass is 10.2. The average Bonchev–Trinajstić information content (AvgIpc) is 3.14. The van der Waals surface area contributed by atoms with E-state index < -0.39 is 0 Å². The molecule has 7 nitrogen and oxygen atoms in total. The Kier molecular flexibility index (Phi) is 6.52. The first-order valence-corrected chi connectivity index (χ1v) is 9.55. The van der Waals surface area contributed by atoms with Gasteiger partial charge in [-0.15, -0.1) is 0 Å². The predicted molar refractivity (Wildman–Crippen MR) is 104 cm³/mol. The van der Waals surface area contributed by atoms with Gasteiger partial charge in [-0.3, -0.25) is 14.5 Å². The second-order valence-corrected chi connectivity index (χ2v) is 7.00. The van der Waals surface area contributed by atoms with Gasteiger partial charge in [-0.25, -0.2) is 0 Å². The van der Waals surface area contributed by atoms with E-state index in [0.717, 1.165) is 25.4 Å². The number of rotatable bonds is 6. The van der Waals surface area contributed by atoms with Crippen molar-refractivity contribution in [3.8, 4) is 5.75 Å². The average molecular weight is 436 g/mol. The molecular formula is C19H22BrN3O4. The van der Waals surface area contributed by atoms with E-state index in [4.69, 9.17) is 9.15 Å². The summed E-state index contributed by atoms with van der Waals surface area (Å²) in [5.74, 6) is 0.881. The first kappa shape index (κ1) is 19.4. The van der Waals surface area contributed by atoms with Gasteiger partial charge in [0.2, 0.25) is 0 Å². The van der Waals surface area contributed by atoms with Gasteiger partial charge in [-0.05, 0) is 52.3 Å². The molecule has 1 aliphatic heterocycles. The molecule has 1 aromatic heterocycles. The highest BCUT2D eigenvalue weighted by Gasteiger charge is 2.24. The van der Waals surface area contributed by atoms with Crippen LogP contribution in [0.15, 0.2) is 45.5 Å². The fourth-order valence-electron chi connectivity index (χ4n) is 2.93. The maximum absolute atomic E-state index is 12.4. The molecule has 0 atom stereocenters. The zero-order valence-electron chi connectivity index (χ0n) is 15.1. The van der Waals surface area contributed by atoms with Crippen molar-refractivity contribution in [2.75, 3.05) is 46.4 Å². The van der Waals surface area contributed by atoms with Crippen LogP contribution >= 0.6 is 15.9 Å². The largest absolute Gasteiger partial charge is 0.497 e. The molecular weight excluding hydrogens is 414 g/mol. The van der Waals surface area contributed by atoms with Crippen LogP contribution < -0.4 is 10.1 Å². The molecule has 2 heterocycles. The van der Waals surface area contributed by atoms with E-state index in [0.29, 0.717) is 35.6 Å². The van der Waals surface area contributed by atoms with Gasteiger partial charge in [0.1, 0.15) is 5.75 Å². The van der Waals surface area contributed by atoms with Gasteiger partial charge in [-0.2, -0.15) is 0 Å². The van der Waals surface area contributed by atoms with Gasteiger partial charge >= 0.3 is 0 Å². The van der Waals surface area contributed by atoms with Gasteiger partial charge in [0.25, 0.3) is 11.8 Å². The number of carbonyl (C=O) groups excluding carboxylic acids is 2. The van der Waals surface area contributed by atoms with Crippen LogP contribution in [0.1, 0.15) is 20.9 Å². The Hall–Kier alpha value is -2.32. The Balaban J connectivity index is 1.39. The Morgan fingerprint density at radius 1 is 1.11 bits per heavy atom. The second-order valence-electron chi connectivity index (χ2n) is 6.22. The van der Waals surface area contributed by atoms with E-state index in [1.807, 2.05) is 0 Å². The number of methoxy groups -OCH3 is 1. The molecule has 1 aromatic carbocycles. The topological polar surface area (TPSA) is 75.0 Å². The molecule has 1 saturated heterocycles. The minimum Gasteiger partial charge on any atom is -0.497 e. The third-order valence-electron chi connectivity index (χ3n) is 4.51. The van der Waals surface area contributed by atoms with E-state index in [2.05, 4.69) is 26.1 Å². The summed E-state index contributed by atoms with van der Waals surface area (Å²) in [6.07, 6.45) is 0. The van der Waals surface area contributed by atoms with Gasteiger partial charge < -0.3 is 19.4 Å². The van der Waals surface area contributed by atoms with Gasteiger partial charge in [0, 0.05) is 44.8 Å². The molecule has 0 radical (unpaired) electrons. The zero-order valence-corrected chi connectivity index (χ0v) is 16.7. The summed E-state index contributed by atoms with van der Waals surface area (Å²) in [4.78, 5) is 28.5. The van der Waals surface area contributed by atoms with Crippen LogP contribution in [0.4, 0.5) is 0 Å². The van der Waals surface area contributed by atoms with Crippen molar-refractivity contribution in [1.29, 1.82) is 0 Å². The monoisotopic (exact) mass is 435 g/mol. The number of hydrogen-bond acceptors (Lipinski definition) is 5. The van der Waals surface area contributed by atoms with Crippen molar-refractivity contribution in [2.24, 2.45) is 0 Å². The number of hydrogen-bond donors (Lipinski definition) is 1. The van der Waals surface area contributed by atoms with E-state index in [9.17, 15) is 9.59 Å². The Morgan fingerprint density at radius 3 is 2.41 bits per heavy atom. The molecule has 1 aliphatic rings. The molecule has 1 fully saturated rings. The van der Waals surface area contributed by atoms with Crippen LogP contribution in [-0.4, -0.2) is 68.0 Å². The Morgan fingerprint density at radius 2 is 1.81 bits per heavy atom. The number of amides is 2. The molecule has 0 bridgehead atoms. The van der Waals surface area contributed by atoms with Crippen LogP contribution in [0, 0.1) is 0 Å². The fourth-order valence-corrected chi connectivity index (χ4v) is 3.24. The third-order valence-corrected chi connectivity index (χ3v) is 4.94. The summed E-state index contributed by atoms with van der Waals surface area (Å²) in [6.45, 7) is 4.13. The minimum atomic E-state index is -0.102. The van der Waals surface area contributed by atoms with Crippen molar-refractivity contribution >= 4 is 27.7 Å². The SMILES string of the molecule is COc1ccc(C(=O)NCCN2CCN(C(=O)c3ccc(Br)o3)CC2)cc1. The molecule has 8 heteroatoms. The van der Waals surface area contributed by atoms with Crippen LogP contribution in [0.3, 0.4) is 0 Å². The summed E-state index contributed by atoms with van der Waals surface area (Å²) in [5.41, 5.74) is 0.607.